The van der Waals surface area contributed by atoms with Gasteiger partial charge in [0.05, 0.1) is 0 Å². The minimum absolute atomic E-state index is 0.952. The van der Waals surface area contributed by atoms with E-state index >= 15 is 0 Å². The first-order chi connectivity index (χ1) is 6.42. The van der Waals surface area contributed by atoms with E-state index in [-0.39, 0.29) is 0 Å². The summed E-state index contributed by atoms with van der Waals surface area (Å²) in [5.41, 5.74) is 2.53. The van der Waals surface area contributed by atoms with Crippen LogP contribution in [0.15, 0.2) is 42.6 Å². The fourth-order valence-corrected chi connectivity index (χ4v) is 1.51. The van der Waals surface area contributed by atoms with E-state index in [9.17, 15) is 0 Å². The summed E-state index contributed by atoms with van der Waals surface area (Å²) in [6.45, 7) is 3.67. The van der Waals surface area contributed by atoms with Gasteiger partial charge < -0.3 is 4.98 Å². The summed E-state index contributed by atoms with van der Waals surface area (Å²) in [5.74, 6) is 0. The monoisotopic (exact) mass is 170 g/mol. The van der Waals surface area contributed by atoms with Gasteiger partial charge in [0.25, 0.3) is 0 Å². The van der Waals surface area contributed by atoms with Gasteiger partial charge in [-0.25, -0.2) is 0 Å². The molecule has 1 aromatic carbocycles. The maximum atomic E-state index is 3.67. The van der Waals surface area contributed by atoms with E-state index in [2.05, 4.69) is 42.4 Å². The third-order valence-electron chi connectivity index (χ3n) is 2.18. The van der Waals surface area contributed by atoms with E-state index in [1.807, 2.05) is 12.1 Å². The Morgan fingerprint density at radius 2 is 2.15 bits per heavy atom. The Morgan fingerprint density at radius 3 is 3.00 bits per heavy atom. The molecule has 65 valence electrons. The average Bonchev–Trinajstić information content (AvgIpc) is 2.58. The van der Waals surface area contributed by atoms with Crippen molar-refractivity contribution < 1.29 is 0 Å². The predicted molar refractivity (Wildman–Crippen MR) is 56.5 cm³/mol. The van der Waals surface area contributed by atoms with Crippen LogP contribution < -0.4 is 0 Å². The largest absolute Gasteiger partial charge is 0.361 e. The molecule has 1 N–H and O–H groups in total. The van der Waals surface area contributed by atoms with E-state index in [1.165, 1.54) is 16.5 Å². The molecular formula is C12H12N. The summed E-state index contributed by atoms with van der Waals surface area (Å²) in [4.78, 5) is 3.24. The first-order valence-corrected chi connectivity index (χ1v) is 4.41. The molecule has 1 nitrogen and oxygen atoms in total. The van der Waals surface area contributed by atoms with Gasteiger partial charge >= 0.3 is 0 Å². The fourth-order valence-electron chi connectivity index (χ4n) is 1.51. The molecule has 1 heterocycles. The highest BCUT2D eigenvalue weighted by molar-refractivity contribution is 5.83. The predicted octanol–water partition coefficient (Wildman–Crippen LogP) is 3.10. The summed E-state index contributed by atoms with van der Waals surface area (Å²) < 4.78 is 0. The van der Waals surface area contributed by atoms with Gasteiger partial charge in [-0.15, -0.1) is 0 Å². The van der Waals surface area contributed by atoms with Crippen LogP contribution in [-0.2, 0) is 6.42 Å². The molecule has 0 amide bonds. The molecule has 2 aromatic rings. The Bertz CT molecular complexity index is 423. The molecule has 0 saturated heterocycles. The molecule has 0 atom stereocenters. The highest BCUT2D eigenvalue weighted by atomic mass is 14.7. The molecule has 0 saturated carbocycles. The number of allylic oxidation sites excluding steroid dienone is 2. The second kappa shape index (κ2) is 3.48. The third-order valence-corrected chi connectivity index (χ3v) is 2.18. The van der Waals surface area contributed by atoms with Crippen molar-refractivity contribution in [2.75, 3.05) is 0 Å². The zero-order valence-electron chi connectivity index (χ0n) is 7.46. The van der Waals surface area contributed by atoms with Gasteiger partial charge in [-0.05, 0) is 25.0 Å². The van der Waals surface area contributed by atoms with Gasteiger partial charge in [-0.3, -0.25) is 0 Å². The standard InChI is InChI=1S/C12H12N/c1-2-3-6-10-9-13-12-8-5-4-7-11(10)12/h2-5,7-9,13H,1,6H2. The minimum atomic E-state index is 0.952. The van der Waals surface area contributed by atoms with Crippen LogP contribution in [0.3, 0.4) is 0 Å². The van der Waals surface area contributed by atoms with Crippen molar-refractivity contribution in [1.82, 2.24) is 4.98 Å². The van der Waals surface area contributed by atoms with Crippen LogP contribution in [0.2, 0.25) is 0 Å². The lowest BCUT2D eigenvalue weighted by Gasteiger charge is -1.92. The molecule has 0 fully saturated rings. The van der Waals surface area contributed by atoms with Crippen molar-refractivity contribution in [3.63, 3.8) is 0 Å². The zero-order chi connectivity index (χ0) is 9.10. The number of rotatable bonds is 2. The molecule has 1 heteroatoms. The number of aromatic nitrogens is 1. The summed E-state index contributed by atoms with van der Waals surface area (Å²) in [5, 5.41) is 1.31. The van der Waals surface area contributed by atoms with Crippen molar-refractivity contribution >= 4 is 10.9 Å². The SMILES string of the molecule is [CH2]C=CCc1c[nH]c2ccccc12. The molecule has 1 radical (unpaired) electrons. The fraction of sp³-hybridized carbons (Fsp3) is 0.0833. The summed E-state index contributed by atoms with van der Waals surface area (Å²) in [6, 6.07) is 8.33. The van der Waals surface area contributed by atoms with Crippen LogP contribution >= 0.6 is 0 Å². The van der Waals surface area contributed by atoms with Crippen molar-refractivity contribution in [3.05, 3.63) is 55.1 Å². The number of fused-ring (bicyclic) bond motifs is 1. The summed E-state index contributed by atoms with van der Waals surface area (Å²) in [7, 11) is 0. The molecule has 1 aromatic heterocycles. The second-order valence-electron chi connectivity index (χ2n) is 3.04. The van der Waals surface area contributed by atoms with Crippen molar-refractivity contribution in [1.29, 1.82) is 0 Å². The number of aromatic amines is 1. The Kier molecular flexibility index (Phi) is 2.17. The average molecular weight is 170 g/mol. The van der Waals surface area contributed by atoms with E-state index in [0.29, 0.717) is 0 Å². The first-order valence-electron chi connectivity index (χ1n) is 4.41. The number of hydrogen-bond acceptors (Lipinski definition) is 0. The Hall–Kier alpha value is -1.50. The second-order valence-corrected chi connectivity index (χ2v) is 3.04. The summed E-state index contributed by atoms with van der Waals surface area (Å²) >= 11 is 0. The van der Waals surface area contributed by atoms with Gasteiger partial charge in [-0.1, -0.05) is 30.4 Å². The van der Waals surface area contributed by atoms with E-state index in [1.54, 1.807) is 0 Å². The van der Waals surface area contributed by atoms with E-state index in [4.69, 9.17) is 0 Å². The van der Waals surface area contributed by atoms with Gasteiger partial charge in [0.2, 0.25) is 0 Å². The normalized spacial score (nSPS) is 11.5. The lowest BCUT2D eigenvalue weighted by Crippen LogP contribution is -1.75. The van der Waals surface area contributed by atoms with Crippen LogP contribution in [0.4, 0.5) is 0 Å². The molecule has 0 aliphatic carbocycles. The van der Waals surface area contributed by atoms with Crippen LogP contribution in [0, 0.1) is 6.92 Å². The zero-order valence-corrected chi connectivity index (χ0v) is 7.46. The number of hydrogen-bond donors (Lipinski definition) is 1. The minimum Gasteiger partial charge on any atom is -0.361 e. The van der Waals surface area contributed by atoms with Crippen LogP contribution in [0.1, 0.15) is 5.56 Å². The van der Waals surface area contributed by atoms with E-state index < -0.39 is 0 Å². The van der Waals surface area contributed by atoms with Crippen molar-refractivity contribution in [3.8, 4) is 0 Å². The molecule has 0 unspecified atom stereocenters. The van der Waals surface area contributed by atoms with E-state index in [0.717, 1.165) is 6.42 Å². The third kappa shape index (κ3) is 1.50. The lowest BCUT2D eigenvalue weighted by atomic mass is 10.1. The maximum absolute atomic E-state index is 3.67. The molecule has 0 aliphatic rings. The number of para-hydroxylation sites is 1. The molecule has 0 spiro atoms. The van der Waals surface area contributed by atoms with Gasteiger partial charge in [0.15, 0.2) is 0 Å². The van der Waals surface area contributed by atoms with Gasteiger partial charge in [0, 0.05) is 17.1 Å². The maximum Gasteiger partial charge on any atom is 0.0456 e. The molecule has 0 aliphatic heterocycles. The van der Waals surface area contributed by atoms with Gasteiger partial charge in [0.1, 0.15) is 0 Å². The molecule has 2 rings (SSSR count). The highest BCUT2D eigenvalue weighted by Gasteiger charge is 1.99. The number of H-pyrrole nitrogens is 1. The number of benzene rings is 1. The smallest absolute Gasteiger partial charge is 0.0456 e. The Balaban J connectivity index is 2.45. The van der Waals surface area contributed by atoms with Gasteiger partial charge in [-0.2, -0.15) is 0 Å². The first kappa shape index (κ1) is 8.11. The molecular weight excluding hydrogens is 158 g/mol. The Labute approximate surface area is 78.1 Å². The number of nitrogens with one attached hydrogen (secondary N) is 1. The van der Waals surface area contributed by atoms with Crippen LogP contribution in [-0.4, -0.2) is 4.98 Å². The summed E-state index contributed by atoms with van der Waals surface area (Å²) in [6.07, 6.45) is 6.91. The van der Waals surface area contributed by atoms with Crippen molar-refractivity contribution in [2.24, 2.45) is 0 Å². The quantitative estimate of drug-likeness (QED) is 0.712. The topological polar surface area (TPSA) is 15.8 Å². The van der Waals surface area contributed by atoms with Crippen LogP contribution in [0.25, 0.3) is 10.9 Å². The molecule has 13 heavy (non-hydrogen) atoms. The Morgan fingerprint density at radius 1 is 1.31 bits per heavy atom. The van der Waals surface area contributed by atoms with Crippen molar-refractivity contribution in [2.45, 2.75) is 6.42 Å². The highest BCUT2D eigenvalue weighted by Crippen LogP contribution is 2.17. The van der Waals surface area contributed by atoms with Crippen LogP contribution in [0.5, 0.6) is 0 Å². The molecule has 0 bridgehead atoms. The lowest BCUT2D eigenvalue weighted by molar-refractivity contribution is 1.28.